The number of thiocarbonyl (C=S) groups is 1. The number of para-hydroxylation sites is 1. The lowest BCUT2D eigenvalue weighted by Crippen LogP contribution is -2.38. The summed E-state index contributed by atoms with van der Waals surface area (Å²) in [6.07, 6.45) is 0. The highest BCUT2D eigenvalue weighted by molar-refractivity contribution is 7.80. The third kappa shape index (κ3) is 3.50. The van der Waals surface area contributed by atoms with Crippen LogP contribution in [-0.4, -0.2) is 21.7 Å². The number of carbonyl (C=O) groups is 1. The maximum Gasteiger partial charge on any atom is 0.235 e. The number of nitrogens with two attached hydrogens (primary N) is 1. The monoisotopic (exact) mass is 372 g/mol. The molecule has 0 bridgehead atoms. The van der Waals surface area contributed by atoms with Gasteiger partial charge in [-0.1, -0.05) is 48.0 Å². The molecule has 0 fully saturated rings. The Morgan fingerprint density at radius 3 is 2.48 bits per heavy atom. The van der Waals surface area contributed by atoms with Gasteiger partial charge in [0.25, 0.3) is 0 Å². The van der Waals surface area contributed by atoms with Gasteiger partial charge in [0.2, 0.25) is 5.91 Å². The molecule has 2 aromatic rings. The van der Waals surface area contributed by atoms with Crippen LogP contribution in [0.3, 0.4) is 0 Å². The van der Waals surface area contributed by atoms with Crippen LogP contribution in [0, 0.1) is 5.92 Å². The number of rotatable bonds is 3. The van der Waals surface area contributed by atoms with Crippen molar-refractivity contribution in [3.8, 4) is 0 Å². The maximum atomic E-state index is 12.9. The van der Waals surface area contributed by atoms with Gasteiger partial charge in [-0.05, 0) is 42.9 Å². The average Bonchev–Trinajstić information content (AvgIpc) is 2.93. The fourth-order valence-electron chi connectivity index (χ4n) is 2.95. The smallest absolute Gasteiger partial charge is 0.235 e. The SMILES string of the molecule is CC1=NN(C(N)=S)C(c2ccccc2Cl)C1C(=O)Nc1ccccc1. The fourth-order valence-corrected chi connectivity index (χ4v) is 3.35. The molecule has 1 aliphatic heterocycles. The zero-order valence-corrected chi connectivity index (χ0v) is 15.1. The van der Waals surface area contributed by atoms with E-state index in [1.165, 1.54) is 5.01 Å². The zero-order valence-electron chi connectivity index (χ0n) is 13.5. The number of hydrazone groups is 1. The predicted octanol–water partition coefficient (Wildman–Crippen LogP) is 3.57. The zero-order chi connectivity index (χ0) is 18.0. The molecule has 1 heterocycles. The van der Waals surface area contributed by atoms with Gasteiger partial charge in [0.05, 0.1) is 11.8 Å². The van der Waals surface area contributed by atoms with Gasteiger partial charge >= 0.3 is 0 Å². The first-order valence-corrected chi connectivity index (χ1v) is 8.51. The van der Waals surface area contributed by atoms with Gasteiger partial charge in [0.1, 0.15) is 5.92 Å². The van der Waals surface area contributed by atoms with E-state index in [1.807, 2.05) is 48.5 Å². The van der Waals surface area contributed by atoms with Gasteiger partial charge in [0, 0.05) is 10.7 Å². The van der Waals surface area contributed by atoms with Crippen LogP contribution in [-0.2, 0) is 4.79 Å². The van der Waals surface area contributed by atoms with E-state index in [4.69, 9.17) is 29.6 Å². The quantitative estimate of drug-likeness (QED) is 0.808. The Kier molecular flexibility index (Phi) is 5.01. The summed E-state index contributed by atoms with van der Waals surface area (Å²) < 4.78 is 0. The molecular weight excluding hydrogens is 356 g/mol. The van der Waals surface area contributed by atoms with E-state index in [9.17, 15) is 4.79 Å². The molecule has 3 N–H and O–H groups in total. The van der Waals surface area contributed by atoms with Crippen LogP contribution in [0.4, 0.5) is 5.69 Å². The van der Waals surface area contributed by atoms with Crippen LogP contribution in [0.5, 0.6) is 0 Å². The molecule has 2 unspecified atom stereocenters. The summed E-state index contributed by atoms with van der Waals surface area (Å²) in [5.74, 6) is -0.738. The summed E-state index contributed by atoms with van der Waals surface area (Å²) in [6.45, 7) is 1.79. The highest BCUT2D eigenvalue weighted by Gasteiger charge is 2.43. The minimum Gasteiger partial charge on any atom is -0.375 e. The van der Waals surface area contributed by atoms with E-state index in [-0.39, 0.29) is 11.0 Å². The maximum absolute atomic E-state index is 12.9. The van der Waals surface area contributed by atoms with Crippen LogP contribution in [0.2, 0.25) is 5.02 Å². The second-order valence-electron chi connectivity index (χ2n) is 5.72. The highest BCUT2D eigenvalue weighted by atomic mass is 35.5. The lowest BCUT2D eigenvalue weighted by atomic mass is 9.89. The molecule has 7 heteroatoms. The molecule has 0 saturated carbocycles. The first-order chi connectivity index (χ1) is 12.0. The van der Waals surface area contributed by atoms with E-state index >= 15 is 0 Å². The standard InChI is InChI=1S/C18H17ClN4OS/c1-11-15(17(24)21-12-7-3-2-4-8-12)16(23(22-11)18(20)25)13-9-5-6-10-14(13)19/h2-10,15-16H,1H3,(H2,20,25)(H,21,24). The number of hydrogen-bond donors (Lipinski definition) is 2. The molecular formula is C18H17ClN4OS. The molecule has 0 aliphatic carbocycles. The topological polar surface area (TPSA) is 70.7 Å². The molecule has 2 atom stereocenters. The van der Waals surface area contributed by atoms with Crippen molar-refractivity contribution >= 4 is 46.2 Å². The summed E-state index contributed by atoms with van der Waals surface area (Å²) >= 11 is 11.5. The average molecular weight is 373 g/mol. The van der Waals surface area contributed by atoms with Gasteiger partial charge in [0.15, 0.2) is 5.11 Å². The number of halogens is 1. The molecule has 128 valence electrons. The first-order valence-electron chi connectivity index (χ1n) is 7.73. The van der Waals surface area contributed by atoms with Crippen molar-refractivity contribution in [1.82, 2.24) is 5.01 Å². The molecule has 0 saturated heterocycles. The Labute approximate surface area is 156 Å². The van der Waals surface area contributed by atoms with Crippen molar-refractivity contribution in [1.29, 1.82) is 0 Å². The van der Waals surface area contributed by atoms with E-state index in [2.05, 4.69) is 10.4 Å². The van der Waals surface area contributed by atoms with E-state index in [1.54, 1.807) is 13.0 Å². The molecule has 1 aliphatic rings. The van der Waals surface area contributed by atoms with Crippen molar-refractivity contribution in [2.24, 2.45) is 16.8 Å². The summed E-state index contributed by atoms with van der Waals surface area (Å²) in [6, 6.07) is 16.1. The summed E-state index contributed by atoms with van der Waals surface area (Å²) in [5, 5.41) is 9.44. The van der Waals surface area contributed by atoms with E-state index in [0.29, 0.717) is 16.4 Å². The van der Waals surface area contributed by atoms with Gasteiger partial charge < -0.3 is 11.1 Å². The number of nitrogens with one attached hydrogen (secondary N) is 1. The van der Waals surface area contributed by atoms with Crippen molar-refractivity contribution in [2.45, 2.75) is 13.0 Å². The Morgan fingerprint density at radius 2 is 1.84 bits per heavy atom. The second-order valence-corrected chi connectivity index (χ2v) is 6.55. The van der Waals surface area contributed by atoms with Crippen molar-refractivity contribution in [3.63, 3.8) is 0 Å². The van der Waals surface area contributed by atoms with Crippen LogP contribution in [0.25, 0.3) is 0 Å². The van der Waals surface area contributed by atoms with Gasteiger partial charge in [-0.25, -0.2) is 5.01 Å². The normalized spacial score (nSPS) is 19.4. The van der Waals surface area contributed by atoms with Crippen molar-refractivity contribution in [2.75, 3.05) is 5.32 Å². The van der Waals surface area contributed by atoms with Gasteiger partial charge in [-0.3, -0.25) is 4.79 Å². The van der Waals surface area contributed by atoms with Crippen LogP contribution < -0.4 is 11.1 Å². The lowest BCUT2D eigenvalue weighted by Gasteiger charge is -2.27. The largest absolute Gasteiger partial charge is 0.375 e. The number of nitrogens with zero attached hydrogens (tertiary/aromatic N) is 2. The Hall–Kier alpha value is -2.44. The summed E-state index contributed by atoms with van der Waals surface area (Å²) in [5.41, 5.74) is 7.93. The van der Waals surface area contributed by atoms with Crippen molar-refractivity contribution in [3.05, 3.63) is 65.2 Å². The summed E-state index contributed by atoms with van der Waals surface area (Å²) in [7, 11) is 0. The van der Waals surface area contributed by atoms with Crippen LogP contribution in [0.15, 0.2) is 59.7 Å². The van der Waals surface area contributed by atoms with Crippen LogP contribution in [0.1, 0.15) is 18.5 Å². The minimum absolute atomic E-state index is 0.0966. The molecule has 0 aromatic heterocycles. The lowest BCUT2D eigenvalue weighted by molar-refractivity contribution is -0.118. The molecule has 0 radical (unpaired) electrons. The van der Waals surface area contributed by atoms with E-state index in [0.717, 1.165) is 5.56 Å². The number of carbonyl (C=O) groups excluding carboxylic acids is 1. The molecule has 0 spiro atoms. The molecule has 3 rings (SSSR count). The minimum atomic E-state index is -0.554. The van der Waals surface area contributed by atoms with E-state index < -0.39 is 12.0 Å². The number of benzene rings is 2. The van der Waals surface area contributed by atoms with Gasteiger partial charge in [-0.2, -0.15) is 5.10 Å². The first kappa shape index (κ1) is 17.4. The number of anilines is 1. The molecule has 1 amide bonds. The Balaban J connectivity index is 1.97. The predicted molar refractivity (Wildman–Crippen MR) is 104 cm³/mol. The fraction of sp³-hybridized carbons (Fsp3) is 0.167. The third-order valence-corrected chi connectivity index (χ3v) is 4.60. The Morgan fingerprint density at radius 1 is 1.20 bits per heavy atom. The van der Waals surface area contributed by atoms with Crippen molar-refractivity contribution < 1.29 is 4.79 Å². The molecule has 2 aromatic carbocycles. The number of hydrogen-bond acceptors (Lipinski definition) is 3. The number of amides is 1. The van der Waals surface area contributed by atoms with Crippen LogP contribution >= 0.6 is 23.8 Å². The third-order valence-electron chi connectivity index (χ3n) is 4.07. The second kappa shape index (κ2) is 7.21. The highest BCUT2D eigenvalue weighted by Crippen LogP contribution is 2.39. The van der Waals surface area contributed by atoms with Gasteiger partial charge in [-0.15, -0.1) is 0 Å². The Bertz CT molecular complexity index is 840. The summed E-state index contributed by atoms with van der Waals surface area (Å²) in [4.78, 5) is 12.9. The molecule has 5 nitrogen and oxygen atoms in total. The molecule has 25 heavy (non-hydrogen) atoms.